The number of benzene rings is 2. The van der Waals surface area contributed by atoms with Gasteiger partial charge in [0.05, 0.1) is 19.6 Å². The molecule has 0 bridgehead atoms. The number of carbonyl (C=O) groups is 1. The number of phenols is 3. The molecule has 2 aromatic rings. The monoisotopic (exact) mass is 344 g/mol. The summed E-state index contributed by atoms with van der Waals surface area (Å²) in [5.41, 5.74) is 0.208. The van der Waals surface area contributed by atoms with E-state index in [1.807, 2.05) is 0 Å². The van der Waals surface area contributed by atoms with Crippen molar-refractivity contribution in [1.29, 1.82) is 0 Å². The molecule has 0 fully saturated rings. The van der Waals surface area contributed by atoms with Gasteiger partial charge < -0.3 is 29.5 Å². The van der Waals surface area contributed by atoms with Gasteiger partial charge >= 0.3 is 0 Å². The zero-order valence-corrected chi connectivity index (χ0v) is 13.6. The molecule has 7 nitrogen and oxygen atoms in total. The fourth-order valence-electron chi connectivity index (χ4n) is 3.68. The summed E-state index contributed by atoms with van der Waals surface area (Å²) in [6, 6.07) is 4.05. The SMILES string of the molecule is COc1cc2c(c(O)c1OC)C[C@]21COc2cc(O)cc(O)c2C1=O. The molecule has 1 aliphatic heterocycles. The Bertz CT molecular complexity index is 918. The molecular weight excluding hydrogens is 328 g/mol. The Balaban J connectivity index is 1.87. The molecule has 130 valence electrons. The van der Waals surface area contributed by atoms with E-state index in [-0.39, 0.29) is 53.1 Å². The molecule has 0 radical (unpaired) electrons. The maximum Gasteiger partial charge on any atom is 0.203 e. The van der Waals surface area contributed by atoms with Crippen molar-refractivity contribution in [2.45, 2.75) is 11.8 Å². The second kappa shape index (κ2) is 4.95. The van der Waals surface area contributed by atoms with E-state index in [4.69, 9.17) is 14.2 Å². The summed E-state index contributed by atoms with van der Waals surface area (Å²) in [4.78, 5) is 13.1. The molecule has 0 saturated carbocycles. The molecule has 2 aliphatic rings. The maximum absolute atomic E-state index is 13.1. The van der Waals surface area contributed by atoms with Crippen molar-refractivity contribution in [3.63, 3.8) is 0 Å². The molecule has 4 rings (SSSR count). The summed E-state index contributed by atoms with van der Waals surface area (Å²) in [6.07, 6.45) is 0.257. The molecule has 7 heteroatoms. The molecule has 1 spiro atoms. The predicted molar refractivity (Wildman–Crippen MR) is 86.2 cm³/mol. The van der Waals surface area contributed by atoms with Gasteiger partial charge in [-0.2, -0.15) is 0 Å². The molecule has 25 heavy (non-hydrogen) atoms. The predicted octanol–water partition coefficient (Wildman–Crippen LogP) is 1.89. The molecular formula is C18H16O7. The van der Waals surface area contributed by atoms with E-state index in [1.54, 1.807) is 6.07 Å². The van der Waals surface area contributed by atoms with Crippen LogP contribution in [0.25, 0.3) is 0 Å². The molecule has 1 aliphatic carbocycles. The van der Waals surface area contributed by atoms with E-state index in [0.29, 0.717) is 16.9 Å². The van der Waals surface area contributed by atoms with E-state index in [9.17, 15) is 20.1 Å². The van der Waals surface area contributed by atoms with Crippen LogP contribution < -0.4 is 14.2 Å². The minimum absolute atomic E-state index is 0.0315. The van der Waals surface area contributed by atoms with Crippen molar-refractivity contribution in [1.82, 2.24) is 0 Å². The minimum Gasteiger partial charge on any atom is -0.508 e. The van der Waals surface area contributed by atoms with Gasteiger partial charge in [0.1, 0.15) is 29.4 Å². The van der Waals surface area contributed by atoms with Crippen LogP contribution in [0.4, 0.5) is 0 Å². The number of ether oxygens (including phenoxy) is 3. The summed E-state index contributed by atoms with van der Waals surface area (Å²) in [5.74, 6) is -0.220. The van der Waals surface area contributed by atoms with E-state index >= 15 is 0 Å². The van der Waals surface area contributed by atoms with Gasteiger partial charge in [-0.05, 0) is 18.1 Å². The first-order valence-electron chi connectivity index (χ1n) is 7.64. The third-order valence-electron chi connectivity index (χ3n) is 4.95. The Morgan fingerprint density at radius 3 is 2.56 bits per heavy atom. The fourth-order valence-corrected chi connectivity index (χ4v) is 3.68. The molecule has 1 heterocycles. The zero-order valence-electron chi connectivity index (χ0n) is 13.6. The van der Waals surface area contributed by atoms with E-state index in [0.717, 1.165) is 6.07 Å². The number of Topliss-reactive ketones (excluding diaryl/α,β-unsaturated/α-hetero) is 1. The van der Waals surface area contributed by atoms with Crippen molar-refractivity contribution in [2.24, 2.45) is 0 Å². The van der Waals surface area contributed by atoms with Crippen LogP contribution in [0.3, 0.4) is 0 Å². The average molecular weight is 344 g/mol. The van der Waals surface area contributed by atoms with Crippen LogP contribution >= 0.6 is 0 Å². The minimum atomic E-state index is -1.01. The summed E-state index contributed by atoms with van der Waals surface area (Å²) < 4.78 is 16.1. The van der Waals surface area contributed by atoms with Crippen LogP contribution in [0.2, 0.25) is 0 Å². The summed E-state index contributed by atoms with van der Waals surface area (Å²) in [7, 11) is 2.87. The van der Waals surface area contributed by atoms with Gasteiger partial charge in [-0.15, -0.1) is 0 Å². The van der Waals surface area contributed by atoms with Gasteiger partial charge in [0.25, 0.3) is 0 Å². The normalized spacial score (nSPS) is 20.3. The van der Waals surface area contributed by atoms with Crippen LogP contribution in [0, 0.1) is 0 Å². The van der Waals surface area contributed by atoms with Crippen molar-refractivity contribution >= 4 is 5.78 Å². The van der Waals surface area contributed by atoms with Gasteiger partial charge in [-0.3, -0.25) is 4.79 Å². The van der Waals surface area contributed by atoms with Gasteiger partial charge in [-0.1, -0.05) is 0 Å². The van der Waals surface area contributed by atoms with Crippen molar-refractivity contribution in [2.75, 3.05) is 20.8 Å². The molecule has 3 N–H and O–H groups in total. The standard InChI is InChI=1S/C18H16O7/c1-23-13-5-10-9(15(21)16(13)24-2)6-18(10)7-25-12-4-8(19)3-11(20)14(12)17(18)22/h3-5,19-21H,6-7H2,1-2H3/t18-/m0/s1. The lowest BCUT2D eigenvalue weighted by atomic mass is 9.59. The first-order chi connectivity index (χ1) is 11.9. The van der Waals surface area contributed by atoms with Crippen molar-refractivity contribution in [3.05, 3.63) is 34.9 Å². The Kier molecular flexibility index (Phi) is 3.06. The Labute approximate surface area is 143 Å². The second-order valence-electron chi connectivity index (χ2n) is 6.20. The highest BCUT2D eigenvalue weighted by atomic mass is 16.5. The van der Waals surface area contributed by atoms with Gasteiger partial charge in [0, 0.05) is 17.7 Å². The van der Waals surface area contributed by atoms with Crippen LogP contribution in [0.1, 0.15) is 21.5 Å². The lowest BCUT2D eigenvalue weighted by Gasteiger charge is -2.45. The highest BCUT2D eigenvalue weighted by molar-refractivity contribution is 6.11. The Morgan fingerprint density at radius 2 is 1.88 bits per heavy atom. The highest BCUT2D eigenvalue weighted by Crippen LogP contribution is 2.56. The van der Waals surface area contributed by atoms with E-state index in [1.165, 1.54) is 20.3 Å². The number of carbonyl (C=O) groups excluding carboxylic acids is 1. The quantitative estimate of drug-likeness (QED) is 0.764. The third kappa shape index (κ3) is 1.83. The summed E-state index contributed by atoms with van der Waals surface area (Å²) in [5, 5.41) is 30.0. The van der Waals surface area contributed by atoms with Gasteiger partial charge in [-0.25, -0.2) is 0 Å². The van der Waals surface area contributed by atoms with Crippen LogP contribution in [-0.2, 0) is 11.8 Å². The summed E-state index contributed by atoms with van der Waals surface area (Å²) in [6.45, 7) is 0.0453. The average Bonchev–Trinajstić information content (AvgIpc) is 2.55. The topological polar surface area (TPSA) is 105 Å². The molecule has 0 aromatic heterocycles. The number of ketones is 1. The zero-order chi connectivity index (χ0) is 17.9. The van der Waals surface area contributed by atoms with Crippen molar-refractivity contribution in [3.8, 4) is 34.5 Å². The smallest absolute Gasteiger partial charge is 0.203 e. The molecule has 0 saturated heterocycles. The van der Waals surface area contributed by atoms with Gasteiger partial charge in [0.2, 0.25) is 5.75 Å². The molecule has 2 aromatic carbocycles. The molecule has 0 unspecified atom stereocenters. The highest BCUT2D eigenvalue weighted by Gasteiger charge is 2.55. The van der Waals surface area contributed by atoms with E-state index in [2.05, 4.69) is 0 Å². The van der Waals surface area contributed by atoms with E-state index < -0.39 is 5.41 Å². The van der Waals surface area contributed by atoms with Crippen LogP contribution in [-0.4, -0.2) is 41.9 Å². The number of aromatic hydroxyl groups is 3. The van der Waals surface area contributed by atoms with Gasteiger partial charge in [0.15, 0.2) is 17.3 Å². The lowest BCUT2D eigenvalue weighted by molar-refractivity contribution is 0.0720. The molecule has 1 atom stereocenters. The number of methoxy groups -OCH3 is 2. The van der Waals surface area contributed by atoms with Crippen LogP contribution in [0.15, 0.2) is 18.2 Å². The number of phenolic OH excluding ortho intramolecular Hbond substituents is 3. The Morgan fingerprint density at radius 1 is 1.12 bits per heavy atom. The lowest BCUT2D eigenvalue weighted by Crippen LogP contribution is -2.53. The fraction of sp³-hybridized carbons (Fsp3) is 0.278. The Hall–Kier alpha value is -3.09. The number of hydrogen-bond acceptors (Lipinski definition) is 7. The molecule has 0 amide bonds. The number of hydrogen-bond donors (Lipinski definition) is 3. The van der Waals surface area contributed by atoms with Crippen LogP contribution in [0.5, 0.6) is 34.5 Å². The largest absolute Gasteiger partial charge is 0.508 e. The number of rotatable bonds is 2. The second-order valence-corrected chi connectivity index (χ2v) is 6.20. The first-order valence-corrected chi connectivity index (χ1v) is 7.64. The van der Waals surface area contributed by atoms with Crippen molar-refractivity contribution < 1.29 is 34.3 Å². The summed E-state index contributed by atoms with van der Waals surface area (Å²) >= 11 is 0. The maximum atomic E-state index is 13.1. The third-order valence-corrected chi connectivity index (χ3v) is 4.95. The number of fused-ring (bicyclic) bond motifs is 3. The first kappa shape index (κ1) is 15.4.